The highest BCUT2D eigenvalue weighted by atomic mass is 16.1. The van der Waals surface area contributed by atoms with Gasteiger partial charge in [0.05, 0.1) is 0 Å². The van der Waals surface area contributed by atoms with Crippen LogP contribution in [0.5, 0.6) is 0 Å². The number of rotatable bonds is 4. The molecular weight excluding hydrogens is 186 g/mol. The van der Waals surface area contributed by atoms with E-state index in [1.54, 1.807) is 7.05 Å². The average Bonchev–Trinajstić information content (AvgIpc) is 2.25. The van der Waals surface area contributed by atoms with E-state index in [4.69, 9.17) is 0 Å². The van der Waals surface area contributed by atoms with Gasteiger partial charge in [0.1, 0.15) is 0 Å². The van der Waals surface area contributed by atoms with E-state index in [-0.39, 0.29) is 5.91 Å². The van der Waals surface area contributed by atoms with Crippen LogP contribution in [0.3, 0.4) is 0 Å². The SMILES string of the molecule is CNC(=O)c1cccc(CCC(C)C)c1. The third kappa shape index (κ3) is 3.74. The van der Waals surface area contributed by atoms with Gasteiger partial charge in [-0.1, -0.05) is 26.0 Å². The lowest BCUT2D eigenvalue weighted by molar-refractivity contribution is 0.0963. The molecule has 0 radical (unpaired) electrons. The molecule has 0 bridgehead atoms. The van der Waals surface area contributed by atoms with Gasteiger partial charge < -0.3 is 5.32 Å². The molecule has 0 saturated heterocycles. The molecule has 0 unspecified atom stereocenters. The topological polar surface area (TPSA) is 29.1 Å². The van der Waals surface area contributed by atoms with Crippen LogP contribution in [0.2, 0.25) is 0 Å². The lowest BCUT2D eigenvalue weighted by Crippen LogP contribution is -2.17. The number of amides is 1. The molecule has 0 saturated carbocycles. The molecule has 0 fully saturated rings. The van der Waals surface area contributed by atoms with Crippen molar-refractivity contribution in [1.82, 2.24) is 5.32 Å². The van der Waals surface area contributed by atoms with E-state index in [9.17, 15) is 4.79 Å². The number of aryl methyl sites for hydroxylation is 1. The third-order valence-corrected chi connectivity index (χ3v) is 2.43. The molecule has 1 aromatic carbocycles. The first-order valence-corrected chi connectivity index (χ1v) is 5.44. The highest BCUT2D eigenvalue weighted by molar-refractivity contribution is 5.94. The van der Waals surface area contributed by atoms with Crippen molar-refractivity contribution in [3.8, 4) is 0 Å². The van der Waals surface area contributed by atoms with Crippen molar-refractivity contribution in [2.45, 2.75) is 26.7 Å². The van der Waals surface area contributed by atoms with Crippen molar-refractivity contribution in [3.05, 3.63) is 35.4 Å². The summed E-state index contributed by atoms with van der Waals surface area (Å²) in [5.41, 5.74) is 1.99. The van der Waals surface area contributed by atoms with Gasteiger partial charge in [0.2, 0.25) is 0 Å². The van der Waals surface area contributed by atoms with E-state index >= 15 is 0 Å². The lowest BCUT2D eigenvalue weighted by Gasteiger charge is -2.06. The summed E-state index contributed by atoms with van der Waals surface area (Å²) in [4.78, 5) is 11.4. The lowest BCUT2D eigenvalue weighted by atomic mass is 10.0. The molecule has 2 heteroatoms. The Morgan fingerprint density at radius 1 is 1.40 bits per heavy atom. The normalized spacial score (nSPS) is 10.4. The molecule has 1 N–H and O–H groups in total. The van der Waals surface area contributed by atoms with Gasteiger partial charge in [0, 0.05) is 12.6 Å². The van der Waals surface area contributed by atoms with E-state index in [1.165, 1.54) is 5.56 Å². The first-order chi connectivity index (χ1) is 7.13. The van der Waals surface area contributed by atoms with Gasteiger partial charge in [0.25, 0.3) is 5.91 Å². The second kappa shape index (κ2) is 5.54. The first kappa shape index (κ1) is 11.8. The summed E-state index contributed by atoms with van der Waals surface area (Å²) in [5, 5.41) is 2.63. The van der Waals surface area contributed by atoms with E-state index in [2.05, 4.69) is 25.2 Å². The largest absolute Gasteiger partial charge is 0.355 e. The molecule has 1 amide bonds. The zero-order valence-electron chi connectivity index (χ0n) is 9.71. The Labute approximate surface area is 91.7 Å². The minimum Gasteiger partial charge on any atom is -0.355 e. The quantitative estimate of drug-likeness (QED) is 0.804. The van der Waals surface area contributed by atoms with Crippen molar-refractivity contribution in [2.24, 2.45) is 5.92 Å². The molecule has 15 heavy (non-hydrogen) atoms. The molecule has 2 nitrogen and oxygen atoms in total. The smallest absolute Gasteiger partial charge is 0.251 e. The Balaban J connectivity index is 2.70. The van der Waals surface area contributed by atoms with Crippen molar-refractivity contribution >= 4 is 5.91 Å². The van der Waals surface area contributed by atoms with Crippen molar-refractivity contribution in [1.29, 1.82) is 0 Å². The zero-order valence-corrected chi connectivity index (χ0v) is 9.71. The van der Waals surface area contributed by atoms with E-state index in [0.29, 0.717) is 5.92 Å². The summed E-state index contributed by atoms with van der Waals surface area (Å²) in [5.74, 6) is 0.690. The Morgan fingerprint density at radius 2 is 2.13 bits per heavy atom. The number of carbonyl (C=O) groups is 1. The Hall–Kier alpha value is -1.31. The number of carbonyl (C=O) groups excluding carboxylic acids is 1. The van der Waals surface area contributed by atoms with Crippen LogP contribution < -0.4 is 5.32 Å². The van der Waals surface area contributed by atoms with Crippen LogP contribution in [0.25, 0.3) is 0 Å². The molecule has 1 rings (SSSR count). The van der Waals surface area contributed by atoms with E-state index < -0.39 is 0 Å². The number of hydrogen-bond donors (Lipinski definition) is 1. The van der Waals surface area contributed by atoms with Crippen LogP contribution in [0.4, 0.5) is 0 Å². The first-order valence-electron chi connectivity index (χ1n) is 5.44. The monoisotopic (exact) mass is 205 g/mol. The molecule has 1 aromatic rings. The number of benzene rings is 1. The van der Waals surface area contributed by atoms with Crippen LogP contribution in [0.1, 0.15) is 36.2 Å². The highest BCUT2D eigenvalue weighted by Gasteiger charge is 2.03. The van der Waals surface area contributed by atoms with Crippen molar-refractivity contribution < 1.29 is 4.79 Å². The number of hydrogen-bond acceptors (Lipinski definition) is 1. The predicted molar refractivity (Wildman–Crippen MR) is 63.0 cm³/mol. The third-order valence-electron chi connectivity index (χ3n) is 2.43. The molecule has 0 aliphatic heterocycles. The minimum absolute atomic E-state index is 0.0126. The van der Waals surface area contributed by atoms with Gasteiger partial charge >= 0.3 is 0 Å². The maximum Gasteiger partial charge on any atom is 0.251 e. The molecule has 82 valence electrons. The van der Waals surface area contributed by atoms with Crippen LogP contribution in [-0.2, 0) is 6.42 Å². The van der Waals surface area contributed by atoms with Crippen molar-refractivity contribution in [2.75, 3.05) is 7.05 Å². The average molecular weight is 205 g/mol. The van der Waals surface area contributed by atoms with Crippen molar-refractivity contribution in [3.63, 3.8) is 0 Å². The Morgan fingerprint density at radius 3 is 2.73 bits per heavy atom. The summed E-state index contributed by atoms with van der Waals surface area (Å²) < 4.78 is 0. The zero-order chi connectivity index (χ0) is 11.3. The molecule has 0 aromatic heterocycles. The standard InChI is InChI=1S/C13H19NO/c1-10(2)7-8-11-5-4-6-12(9-11)13(15)14-3/h4-6,9-10H,7-8H2,1-3H3,(H,14,15). The fourth-order valence-corrected chi connectivity index (χ4v) is 1.47. The summed E-state index contributed by atoms with van der Waals surface area (Å²) in [7, 11) is 1.66. The molecule has 0 spiro atoms. The van der Waals surface area contributed by atoms with Crippen LogP contribution in [-0.4, -0.2) is 13.0 Å². The van der Waals surface area contributed by atoms with Gasteiger partial charge in [-0.15, -0.1) is 0 Å². The Bertz CT molecular complexity index is 331. The number of nitrogens with one attached hydrogen (secondary N) is 1. The van der Waals surface area contributed by atoms with Gasteiger partial charge in [0.15, 0.2) is 0 Å². The predicted octanol–water partition coefficient (Wildman–Crippen LogP) is 2.63. The van der Waals surface area contributed by atoms with Crippen LogP contribution in [0, 0.1) is 5.92 Å². The molecule has 0 aliphatic rings. The summed E-state index contributed by atoms with van der Waals surface area (Å²) in [6.07, 6.45) is 2.21. The Kier molecular flexibility index (Phi) is 4.35. The molecular formula is C13H19NO. The summed E-state index contributed by atoms with van der Waals surface area (Å²) in [6, 6.07) is 7.84. The minimum atomic E-state index is -0.0126. The summed E-state index contributed by atoms with van der Waals surface area (Å²) in [6.45, 7) is 4.42. The van der Waals surface area contributed by atoms with Gasteiger partial charge in [-0.25, -0.2) is 0 Å². The van der Waals surface area contributed by atoms with Gasteiger partial charge in [-0.2, -0.15) is 0 Å². The maximum atomic E-state index is 11.4. The van der Waals surface area contributed by atoms with E-state index in [0.717, 1.165) is 18.4 Å². The fourth-order valence-electron chi connectivity index (χ4n) is 1.47. The highest BCUT2D eigenvalue weighted by Crippen LogP contribution is 2.11. The van der Waals surface area contributed by atoms with E-state index in [1.807, 2.05) is 18.2 Å². The fraction of sp³-hybridized carbons (Fsp3) is 0.462. The van der Waals surface area contributed by atoms with Crippen LogP contribution in [0.15, 0.2) is 24.3 Å². The van der Waals surface area contributed by atoms with Gasteiger partial charge in [-0.3, -0.25) is 4.79 Å². The molecule has 0 aliphatic carbocycles. The maximum absolute atomic E-state index is 11.4. The molecule has 0 atom stereocenters. The second-order valence-electron chi connectivity index (χ2n) is 4.21. The summed E-state index contributed by atoms with van der Waals surface area (Å²) >= 11 is 0. The van der Waals surface area contributed by atoms with Crippen LogP contribution >= 0.6 is 0 Å². The van der Waals surface area contributed by atoms with Gasteiger partial charge in [-0.05, 0) is 36.5 Å². The second-order valence-corrected chi connectivity index (χ2v) is 4.21. The molecule has 0 heterocycles.